The number of rotatable bonds is 5. The van der Waals surface area contributed by atoms with Crippen LogP contribution in [-0.4, -0.2) is 11.2 Å². The summed E-state index contributed by atoms with van der Waals surface area (Å²) in [6.07, 6.45) is 3.14. The fraction of sp³-hybridized carbons (Fsp3) is 0.222. The summed E-state index contributed by atoms with van der Waals surface area (Å²) in [5.41, 5.74) is 2.53. The zero-order valence-electron chi connectivity index (χ0n) is 12.1. The molecule has 0 amide bonds. The normalized spacial score (nSPS) is 11.0. The molecule has 0 aliphatic heterocycles. The molecule has 0 fully saturated rings. The van der Waals surface area contributed by atoms with Crippen molar-refractivity contribution >= 4 is 26.8 Å². The molecule has 0 unspecified atom stereocenters. The van der Waals surface area contributed by atoms with Gasteiger partial charge in [0.2, 0.25) is 0 Å². The summed E-state index contributed by atoms with van der Waals surface area (Å²) in [5, 5.41) is 1.27. The van der Waals surface area contributed by atoms with Gasteiger partial charge in [0, 0.05) is 28.1 Å². The van der Waals surface area contributed by atoms with Gasteiger partial charge in [-0.05, 0) is 49.7 Å². The Bertz CT molecular complexity index is 731. The van der Waals surface area contributed by atoms with Crippen LogP contribution in [0.1, 0.15) is 12.0 Å². The highest BCUT2D eigenvalue weighted by Gasteiger charge is 2.01. The lowest BCUT2D eigenvalue weighted by molar-refractivity contribution is 0.302. The molecule has 0 radical (unpaired) electrons. The molecular weight excluding hydrogens is 326 g/mol. The number of fused-ring (bicyclic) bond motifs is 1. The second-order valence-corrected chi connectivity index (χ2v) is 6.14. The second kappa shape index (κ2) is 6.35. The summed E-state index contributed by atoms with van der Waals surface area (Å²) in [6.45, 7) is 3.79. The molecule has 3 heteroatoms. The van der Waals surface area contributed by atoms with E-state index in [1.54, 1.807) is 0 Å². The van der Waals surface area contributed by atoms with Crippen LogP contribution < -0.4 is 4.74 Å². The van der Waals surface area contributed by atoms with E-state index in [1.807, 2.05) is 12.1 Å². The van der Waals surface area contributed by atoms with Gasteiger partial charge in [-0.15, -0.1) is 0 Å². The Kier molecular flexibility index (Phi) is 4.30. The first-order valence-electron chi connectivity index (χ1n) is 7.16. The van der Waals surface area contributed by atoms with Crippen molar-refractivity contribution in [2.75, 3.05) is 6.61 Å². The van der Waals surface area contributed by atoms with E-state index in [1.165, 1.54) is 16.5 Å². The van der Waals surface area contributed by atoms with Crippen molar-refractivity contribution in [3.8, 4) is 5.75 Å². The molecular formula is C18H18BrNO. The molecule has 0 N–H and O–H groups in total. The molecule has 0 aliphatic rings. The van der Waals surface area contributed by atoms with Crippen LogP contribution in [0.3, 0.4) is 0 Å². The summed E-state index contributed by atoms with van der Waals surface area (Å²) in [4.78, 5) is 0. The van der Waals surface area contributed by atoms with E-state index in [0.29, 0.717) is 0 Å². The fourth-order valence-electron chi connectivity index (χ4n) is 2.43. The average Bonchev–Trinajstić information content (AvgIpc) is 2.87. The zero-order valence-corrected chi connectivity index (χ0v) is 13.6. The number of benzene rings is 2. The number of nitrogens with zero attached hydrogens (tertiary/aromatic N) is 1. The van der Waals surface area contributed by atoms with E-state index in [9.17, 15) is 0 Å². The predicted octanol–water partition coefficient (Wildman–Crippen LogP) is 5.18. The summed E-state index contributed by atoms with van der Waals surface area (Å²) in [6, 6.07) is 16.7. The molecule has 1 heterocycles. The quantitative estimate of drug-likeness (QED) is 0.582. The minimum atomic E-state index is 0.735. The first-order chi connectivity index (χ1) is 10.2. The number of hydrogen-bond donors (Lipinski definition) is 0. The van der Waals surface area contributed by atoms with Crippen LogP contribution in [-0.2, 0) is 6.54 Å². The third-order valence-corrected chi connectivity index (χ3v) is 4.06. The van der Waals surface area contributed by atoms with Crippen molar-refractivity contribution in [1.82, 2.24) is 4.57 Å². The Labute approximate surface area is 133 Å². The third kappa shape index (κ3) is 3.48. The summed E-state index contributed by atoms with van der Waals surface area (Å²) < 4.78 is 9.17. The minimum Gasteiger partial charge on any atom is -0.494 e. The van der Waals surface area contributed by atoms with Gasteiger partial charge in [-0.1, -0.05) is 33.6 Å². The molecule has 0 saturated carbocycles. The molecule has 108 valence electrons. The van der Waals surface area contributed by atoms with Crippen LogP contribution in [0.25, 0.3) is 10.9 Å². The van der Waals surface area contributed by atoms with Crippen molar-refractivity contribution in [2.24, 2.45) is 0 Å². The van der Waals surface area contributed by atoms with E-state index in [0.717, 1.165) is 29.8 Å². The SMILES string of the molecule is Cc1ccc(OCCCn2ccc3cc(Br)ccc32)cc1. The molecule has 0 bridgehead atoms. The predicted molar refractivity (Wildman–Crippen MR) is 90.9 cm³/mol. The lowest BCUT2D eigenvalue weighted by Gasteiger charge is -2.08. The standard InChI is InChI=1S/C18H18BrNO/c1-14-3-6-17(7-4-14)21-12-2-10-20-11-9-15-13-16(19)5-8-18(15)20/h3-9,11,13H,2,10,12H2,1H3. The number of aromatic nitrogens is 1. The van der Waals surface area contributed by atoms with Crippen LogP contribution in [0.2, 0.25) is 0 Å². The Morgan fingerprint density at radius 2 is 1.86 bits per heavy atom. The number of hydrogen-bond acceptors (Lipinski definition) is 1. The van der Waals surface area contributed by atoms with Gasteiger partial charge in [0.1, 0.15) is 5.75 Å². The lowest BCUT2D eigenvalue weighted by Crippen LogP contribution is -2.03. The topological polar surface area (TPSA) is 14.2 Å². The number of aryl methyl sites for hydroxylation is 2. The molecule has 0 aliphatic carbocycles. The molecule has 0 saturated heterocycles. The Hall–Kier alpha value is -1.74. The Morgan fingerprint density at radius 1 is 1.05 bits per heavy atom. The van der Waals surface area contributed by atoms with Crippen molar-refractivity contribution in [1.29, 1.82) is 0 Å². The van der Waals surface area contributed by atoms with Crippen LogP contribution in [0.5, 0.6) is 5.75 Å². The monoisotopic (exact) mass is 343 g/mol. The molecule has 3 rings (SSSR count). The van der Waals surface area contributed by atoms with E-state index in [2.05, 4.69) is 70.0 Å². The summed E-state index contributed by atoms with van der Waals surface area (Å²) in [5.74, 6) is 0.946. The maximum Gasteiger partial charge on any atom is 0.119 e. The van der Waals surface area contributed by atoms with Crippen LogP contribution >= 0.6 is 15.9 Å². The van der Waals surface area contributed by atoms with Gasteiger partial charge < -0.3 is 9.30 Å². The molecule has 2 nitrogen and oxygen atoms in total. The smallest absolute Gasteiger partial charge is 0.119 e. The molecule has 21 heavy (non-hydrogen) atoms. The van der Waals surface area contributed by atoms with Crippen LogP contribution in [0.4, 0.5) is 0 Å². The fourth-order valence-corrected chi connectivity index (χ4v) is 2.80. The van der Waals surface area contributed by atoms with Gasteiger partial charge in [-0.2, -0.15) is 0 Å². The van der Waals surface area contributed by atoms with Gasteiger partial charge in [-0.3, -0.25) is 0 Å². The van der Waals surface area contributed by atoms with E-state index in [4.69, 9.17) is 4.74 Å². The minimum absolute atomic E-state index is 0.735. The van der Waals surface area contributed by atoms with Crippen molar-refractivity contribution in [3.63, 3.8) is 0 Å². The molecule has 0 spiro atoms. The summed E-state index contributed by atoms with van der Waals surface area (Å²) in [7, 11) is 0. The Morgan fingerprint density at radius 3 is 2.67 bits per heavy atom. The summed E-state index contributed by atoms with van der Waals surface area (Å²) >= 11 is 3.51. The third-order valence-electron chi connectivity index (χ3n) is 3.57. The van der Waals surface area contributed by atoms with E-state index >= 15 is 0 Å². The highest BCUT2D eigenvalue weighted by molar-refractivity contribution is 9.10. The molecule has 0 atom stereocenters. The van der Waals surface area contributed by atoms with E-state index < -0.39 is 0 Å². The lowest BCUT2D eigenvalue weighted by atomic mass is 10.2. The van der Waals surface area contributed by atoms with Gasteiger partial charge >= 0.3 is 0 Å². The van der Waals surface area contributed by atoms with E-state index in [-0.39, 0.29) is 0 Å². The number of halogens is 1. The van der Waals surface area contributed by atoms with Gasteiger partial charge in [0.05, 0.1) is 6.61 Å². The van der Waals surface area contributed by atoms with Crippen LogP contribution in [0.15, 0.2) is 59.2 Å². The Balaban J connectivity index is 1.56. The molecule has 2 aromatic carbocycles. The second-order valence-electron chi connectivity index (χ2n) is 5.23. The molecule has 3 aromatic rings. The maximum absolute atomic E-state index is 5.77. The zero-order chi connectivity index (χ0) is 14.7. The highest BCUT2D eigenvalue weighted by atomic mass is 79.9. The molecule has 1 aromatic heterocycles. The van der Waals surface area contributed by atoms with Crippen molar-refractivity contribution in [2.45, 2.75) is 19.9 Å². The first kappa shape index (κ1) is 14.2. The van der Waals surface area contributed by atoms with Gasteiger partial charge in [0.25, 0.3) is 0 Å². The number of ether oxygens (including phenoxy) is 1. The largest absolute Gasteiger partial charge is 0.494 e. The highest BCUT2D eigenvalue weighted by Crippen LogP contribution is 2.21. The van der Waals surface area contributed by atoms with Gasteiger partial charge in [-0.25, -0.2) is 0 Å². The maximum atomic E-state index is 5.77. The van der Waals surface area contributed by atoms with Gasteiger partial charge in [0.15, 0.2) is 0 Å². The average molecular weight is 344 g/mol. The van der Waals surface area contributed by atoms with Crippen molar-refractivity contribution < 1.29 is 4.74 Å². The van der Waals surface area contributed by atoms with Crippen molar-refractivity contribution in [3.05, 3.63) is 64.8 Å². The first-order valence-corrected chi connectivity index (χ1v) is 7.95. The van der Waals surface area contributed by atoms with Crippen LogP contribution in [0, 0.1) is 6.92 Å².